The molecule has 3 heteroatoms. The Balaban J connectivity index is 1.11. The summed E-state index contributed by atoms with van der Waals surface area (Å²) in [6.07, 6.45) is 3.70. The number of hydrogen-bond acceptors (Lipinski definition) is 2. The molecule has 1 heterocycles. The molecule has 0 unspecified atom stereocenters. The zero-order valence-corrected chi connectivity index (χ0v) is 19.6. The van der Waals surface area contributed by atoms with E-state index in [9.17, 15) is 4.79 Å². The third kappa shape index (κ3) is 5.55. The zero-order valence-electron chi connectivity index (χ0n) is 19.6. The van der Waals surface area contributed by atoms with E-state index >= 15 is 0 Å². The fraction of sp³-hybridized carbons (Fsp3) is 0.258. The molecule has 0 atom stereocenters. The minimum Gasteiger partial charge on any atom is -0.348 e. The summed E-state index contributed by atoms with van der Waals surface area (Å²) in [5.41, 5.74) is 4.58. The number of piperidine rings is 1. The van der Waals surface area contributed by atoms with E-state index in [-0.39, 0.29) is 5.91 Å². The highest BCUT2D eigenvalue weighted by Gasteiger charge is 2.19. The van der Waals surface area contributed by atoms with Gasteiger partial charge in [0.25, 0.3) is 5.91 Å². The van der Waals surface area contributed by atoms with E-state index in [1.807, 2.05) is 30.3 Å². The fourth-order valence-corrected chi connectivity index (χ4v) is 5.04. The Morgan fingerprint density at radius 2 is 1.47 bits per heavy atom. The van der Waals surface area contributed by atoms with Crippen molar-refractivity contribution in [2.24, 2.45) is 5.92 Å². The molecule has 0 spiro atoms. The van der Waals surface area contributed by atoms with Gasteiger partial charge in [-0.05, 0) is 77.9 Å². The van der Waals surface area contributed by atoms with Gasteiger partial charge in [0.1, 0.15) is 0 Å². The summed E-state index contributed by atoms with van der Waals surface area (Å²) in [7, 11) is 0. The lowest BCUT2D eigenvalue weighted by molar-refractivity contribution is 0.0951. The number of nitrogens with zero attached hydrogens (tertiary/aromatic N) is 1. The minimum atomic E-state index is -0.0267. The summed E-state index contributed by atoms with van der Waals surface area (Å²) in [6, 6.07) is 33.5. The molecule has 4 aromatic rings. The van der Waals surface area contributed by atoms with Crippen LogP contribution in [0.25, 0.3) is 10.8 Å². The number of fused-ring (bicyclic) bond motifs is 1. The SMILES string of the molecule is O=C(NCc1cccc2ccccc12)c1ccc(CN2CCC(Cc3ccccc3)CC2)cc1. The summed E-state index contributed by atoms with van der Waals surface area (Å²) in [6.45, 7) is 3.77. The maximum Gasteiger partial charge on any atom is 0.251 e. The van der Waals surface area contributed by atoms with Gasteiger partial charge in [-0.15, -0.1) is 0 Å². The Morgan fingerprint density at radius 3 is 2.26 bits per heavy atom. The van der Waals surface area contributed by atoms with Crippen molar-refractivity contribution >= 4 is 16.7 Å². The van der Waals surface area contributed by atoms with Crippen LogP contribution in [0.5, 0.6) is 0 Å². The molecular formula is C31H32N2O. The molecule has 0 bridgehead atoms. The lowest BCUT2D eigenvalue weighted by Gasteiger charge is -2.32. The van der Waals surface area contributed by atoms with Crippen LogP contribution in [0, 0.1) is 5.92 Å². The van der Waals surface area contributed by atoms with Crippen LogP contribution in [-0.2, 0) is 19.5 Å². The molecule has 1 amide bonds. The van der Waals surface area contributed by atoms with Crippen molar-refractivity contribution in [1.82, 2.24) is 10.2 Å². The molecule has 3 nitrogen and oxygen atoms in total. The number of carbonyl (C=O) groups excluding carboxylic acids is 1. The number of rotatable bonds is 7. The molecule has 172 valence electrons. The Bertz CT molecular complexity index is 1220. The van der Waals surface area contributed by atoms with E-state index in [1.54, 1.807) is 0 Å². The van der Waals surface area contributed by atoms with Crippen LogP contribution in [-0.4, -0.2) is 23.9 Å². The summed E-state index contributed by atoms with van der Waals surface area (Å²) < 4.78 is 0. The lowest BCUT2D eigenvalue weighted by Crippen LogP contribution is -2.33. The summed E-state index contributed by atoms with van der Waals surface area (Å²) in [5.74, 6) is 0.757. The Kier molecular flexibility index (Phi) is 7.02. The smallest absolute Gasteiger partial charge is 0.251 e. The number of hydrogen-bond donors (Lipinski definition) is 1. The van der Waals surface area contributed by atoms with E-state index in [0.29, 0.717) is 12.1 Å². The molecule has 4 aromatic carbocycles. The van der Waals surface area contributed by atoms with Gasteiger partial charge in [0.05, 0.1) is 0 Å². The predicted molar refractivity (Wildman–Crippen MR) is 140 cm³/mol. The van der Waals surface area contributed by atoms with Gasteiger partial charge >= 0.3 is 0 Å². The van der Waals surface area contributed by atoms with Gasteiger partial charge in [-0.25, -0.2) is 0 Å². The van der Waals surface area contributed by atoms with E-state index in [2.05, 4.69) is 76.9 Å². The highest BCUT2D eigenvalue weighted by atomic mass is 16.1. The number of carbonyl (C=O) groups is 1. The molecule has 34 heavy (non-hydrogen) atoms. The largest absolute Gasteiger partial charge is 0.348 e. The van der Waals surface area contributed by atoms with Crippen molar-refractivity contribution in [3.8, 4) is 0 Å². The highest BCUT2D eigenvalue weighted by molar-refractivity contribution is 5.94. The Morgan fingerprint density at radius 1 is 0.765 bits per heavy atom. The zero-order chi connectivity index (χ0) is 23.2. The lowest BCUT2D eigenvalue weighted by atomic mass is 9.90. The predicted octanol–water partition coefficient (Wildman–Crippen LogP) is 6.22. The van der Waals surface area contributed by atoms with Gasteiger partial charge in [-0.2, -0.15) is 0 Å². The van der Waals surface area contributed by atoms with Crippen LogP contribution in [0.15, 0.2) is 97.1 Å². The molecule has 1 N–H and O–H groups in total. The quantitative estimate of drug-likeness (QED) is 0.364. The van der Waals surface area contributed by atoms with E-state index < -0.39 is 0 Å². The highest BCUT2D eigenvalue weighted by Crippen LogP contribution is 2.23. The topological polar surface area (TPSA) is 32.3 Å². The molecule has 1 aliphatic heterocycles. The Hall–Kier alpha value is -3.43. The summed E-state index contributed by atoms with van der Waals surface area (Å²) in [5, 5.41) is 5.47. The average Bonchev–Trinajstić information content (AvgIpc) is 2.89. The Labute approximate surface area is 202 Å². The third-order valence-electron chi connectivity index (χ3n) is 7.02. The number of likely N-dealkylation sites (tertiary alicyclic amines) is 1. The molecule has 0 aromatic heterocycles. The molecule has 0 aliphatic carbocycles. The van der Waals surface area contributed by atoms with E-state index in [1.165, 1.54) is 41.2 Å². The summed E-state index contributed by atoms with van der Waals surface area (Å²) >= 11 is 0. The molecule has 1 fully saturated rings. The van der Waals surface area contributed by atoms with E-state index in [4.69, 9.17) is 0 Å². The maximum atomic E-state index is 12.7. The van der Waals surface area contributed by atoms with Crippen LogP contribution in [0.3, 0.4) is 0 Å². The van der Waals surface area contributed by atoms with Gasteiger partial charge in [-0.3, -0.25) is 9.69 Å². The standard InChI is InChI=1S/C31H32N2O/c34-31(32-22-29-11-6-10-27-9-4-5-12-30(27)29)28-15-13-26(14-16-28)23-33-19-17-25(18-20-33)21-24-7-2-1-3-8-24/h1-16,25H,17-23H2,(H,32,34). The van der Waals surface area contributed by atoms with Crippen LogP contribution in [0.2, 0.25) is 0 Å². The van der Waals surface area contributed by atoms with Gasteiger partial charge < -0.3 is 5.32 Å². The minimum absolute atomic E-state index is 0.0267. The molecule has 1 aliphatic rings. The molecule has 1 saturated heterocycles. The monoisotopic (exact) mass is 448 g/mol. The van der Waals surface area contributed by atoms with Crippen LogP contribution in [0.4, 0.5) is 0 Å². The molecule has 0 saturated carbocycles. The first kappa shape index (κ1) is 22.4. The van der Waals surface area contributed by atoms with E-state index in [0.717, 1.165) is 31.1 Å². The second-order valence-electron chi connectivity index (χ2n) is 9.43. The van der Waals surface area contributed by atoms with Crippen molar-refractivity contribution in [3.05, 3.63) is 119 Å². The van der Waals surface area contributed by atoms with Gasteiger partial charge in [0.15, 0.2) is 0 Å². The number of benzene rings is 4. The van der Waals surface area contributed by atoms with Gasteiger partial charge in [0.2, 0.25) is 0 Å². The van der Waals surface area contributed by atoms with Gasteiger partial charge in [-0.1, -0.05) is 84.9 Å². The average molecular weight is 449 g/mol. The number of amides is 1. The van der Waals surface area contributed by atoms with Crippen molar-refractivity contribution in [2.45, 2.75) is 32.4 Å². The van der Waals surface area contributed by atoms with Crippen molar-refractivity contribution in [3.63, 3.8) is 0 Å². The maximum absolute atomic E-state index is 12.7. The third-order valence-corrected chi connectivity index (χ3v) is 7.02. The van der Waals surface area contributed by atoms with Gasteiger partial charge in [0, 0.05) is 18.7 Å². The molecule has 5 rings (SSSR count). The molecule has 0 radical (unpaired) electrons. The normalized spacial score (nSPS) is 14.8. The van der Waals surface area contributed by atoms with Crippen LogP contribution in [0.1, 0.15) is 39.9 Å². The molecular weight excluding hydrogens is 416 g/mol. The van der Waals surface area contributed by atoms with Crippen molar-refractivity contribution in [1.29, 1.82) is 0 Å². The fourth-order valence-electron chi connectivity index (χ4n) is 5.04. The van der Waals surface area contributed by atoms with Crippen molar-refractivity contribution in [2.75, 3.05) is 13.1 Å². The number of nitrogens with one attached hydrogen (secondary N) is 1. The summed E-state index contributed by atoms with van der Waals surface area (Å²) in [4.78, 5) is 15.3. The first-order valence-corrected chi connectivity index (χ1v) is 12.3. The van der Waals surface area contributed by atoms with Crippen LogP contribution < -0.4 is 5.32 Å². The van der Waals surface area contributed by atoms with Crippen LogP contribution >= 0.6 is 0 Å². The van der Waals surface area contributed by atoms with Crippen molar-refractivity contribution < 1.29 is 4.79 Å². The first-order valence-electron chi connectivity index (χ1n) is 12.3. The second kappa shape index (κ2) is 10.7. The first-order chi connectivity index (χ1) is 16.7. The second-order valence-corrected chi connectivity index (χ2v) is 9.43.